The zero-order valence-electron chi connectivity index (χ0n) is 12.8. The zero-order valence-corrected chi connectivity index (χ0v) is 12.8. The van der Waals surface area contributed by atoms with E-state index in [0.717, 1.165) is 18.4 Å². The first-order chi connectivity index (χ1) is 11.2. The number of aliphatic hydroxyl groups excluding tert-OH is 1. The number of aromatic amines is 1. The number of amides is 1. The van der Waals surface area contributed by atoms with Crippen LogP contribution in [0.1, 0.15) is 45.5 Å². The Morgan fingerprint density at radius 3 is 2.48 bits per heavy atom. The van der Waals surface area contributed by atoms with Gasteiger partial charge in [-0.25, -0.2) is 0 Å². The summed E-state index contributed by atoms with van der Waals surface area (Å²) in [5.41, 5.74) is 1.77. The van der Waals surface area contributed by atoms with E-state index in [-0.39, 0.29) is 11.8 Å². The number of aliphatic hydroxyl groups is 1. The molecule has 1 unspecified atom stereocenters. The van der Waals surface area contributed by atoms with Crippen LogP contribution in [-0.2, 0) is 0 Å². The molecule has 1 amide bonds. The number of nitrogens with one attached hydrogen (secondary N) is 1. The molecule has 120 valence electrons. The predicted octanol–water partition coefficient (Wildman–Crippen LogP) is 2.41. The molecule has 2 aromatic rings. The monoisotopic (exact) mass is 312 g/mol. The van der Waals surface area contributed by atoms with E-state index >= 15 is 0 Å². The van der Waals surface area contributed by atoms with Crippen LogP contribution in [0.4, 0.5) is 0 Å². The maximum absolute atomic E-state index is 12.4. The summed E-state index contributed by atoms with van der Waals surface area (Å²) in [6, 6.07) is 12.9. The number of aromatic nitrogens is 1. The van der Waals surface area contributed by atoms with Gasteiger partial charge < -0.3 is 15.0 Å². The minimum atomic E-state index is -0.486. The quantitative estimate of drug-likeness (QED) is 0.852. The van der Waals surface area contributed by atoms with Gasteiger partial charge in [-0.2, -0.15) is 0 Å². The molecule has 0 aliphatic carbocycles. The number of aldehydes is 1. The second-order valence-corrected chi connectivity index (χ2v) is 5.93. The lowest BCUT2D eigenvalue weighted by Gasteiger charge is -2.34. The van der Waals surface area contributed by atoms with Crippen molar-refractivity contribution in [3.63, 3.8) is 0 Å². The Labute approximate surface area is 134 Å². The molecule has 1 aliphatic rings. The molecular weight excluding hydrogens is 292 g/mol. The van der Waals surface area contributed by atoms with Gasteiger partial charge in [0.25, 0.3) is 5.91 Å². The summed E-state index contributed by atoms with van der Waals surface area (Å²) in [5, 5.41) is 10.5. The molecule has 0 saturated carbocycles. The number of benzene rings is 1. The molecular formula is C18H20N2O3. The molecule has 23 heavy (non-hydrogen) atoms. The van der Waals surface area contributed by atoms with E-state index < -0.39 is 6.10 Å². The number of hydrogen-bond acceptors (Lipinski definition) is 3. The number of H-pyrrole nitrogens is 1. The second-order valence-electron chi connectivity index (χ2n) is 5.93. The summed E-state index contributed by atoms with van der Waals surface area (Å²) in [6.07, 6.45) is 1.74. The number of hydrogen-bond donors (Lipinski definition) is 2. The van der Waals surface area contributed by atoms with Gasteiger partial charge >= 0.3 is 0 Å². The lowest BCUT2D eigenvalue weighted by molar-refractivity contribution is 0.0459. The summed E-state index contributed by atoms with van der Waals surface area (Å²) < 4.78 is 0. The third-order valence-corrected chi connectivity index (χ3v) is 4.48. The van der Waals surface area contributed by atoms with Crippen LogP contribution in [0.25, 0.3) is 0 Å². The van der Waals surface area contributed by atoms with Crippen molar-refractivity contribution in [2.75, 3.05) is 13.1 Å². The molecule has 2 heterocycles. The lowest BCUT2D eigenvalue weighted by atomic mass is 9.87. The van der Waals surface area contributed by atoms with Crippen molar-refractivity contribution in [2.45, 2.75) is 18.9 Å². The normalized spacial score (nSPS) is 17.0. The highest BCUT2D eigenvalue weighted by Gasteiger charge is 2.29. The van der Waals surface area contributed by atoms with Gasteiger partial charge in [-0.05, 0) is 36.5 Å². The number of carbonyl (C=O) groups excluding carboxylic acids is 2. The van der Waals surface area contributed by atoms with Crippen LogP contribution in [0.3, 0.4) is 0 Å². The van der Waals surface area contributed by atoms with Crippen molar-refractivity contribution in [1.82, 2.24) is 9.88 Å². The fourth-order valence-electron chi connectivity index (χ4n) is 3.12. The van der Waals surface area contributed by atoms with E-state index in [0.29, 0.717) is 30.8 Å². The number of carbonyl (C=O) groups is 2. The van der Waals surface area contributed by atoms with E-state index in [1.165, 1.54) is 0 Å². The first kappa shape index (κ1) is 15.5. The third-order valence-electron chi connectivity index (χ3n) is 4.48. The Bertz CT molecular complexity index is 673. The Kier molecular flexibility index (Phi) is 4.57. The summed E-state index contributed by atoms with van der Waals surface area (Å²) in [6.45, 7) is 1.23. The third kappa shape index (κ3) is 3.35. The van der Waals surface area contributed by atoms with Crippen molar-refractivity contribution < 1.29 is 14.7 Å². The van der Waals surface area contributed by atoms with Gasteiger partial charge in [0.15, 0.2) is 6.29 Å². The molecule has 5 heteroatoms. The molecule has 0 radical (unpaired) electrons. The van der Waals surface area contributed by atoms with Crippen LogP contribution in [0.15, 0.2) is 42.5 Å². The smallest absolute Gasteiger partial charge is 0.270 e. The summed E-state index contributed by atoms with van der Waals surface area (Å²) in [5.74, 6) is 0.0707. The Balaban J connectivity index is 1.60. The lowest BCUT2D eigenvalue weighted by Crippen LogP contribution is -2.40. The summed E-state index contributed by atoms with van der Waals surface area (Å²) in [4.78, 5) is 27.7. The molecule has 1 aliphatic heterocycles. The number of rotatable bonds is 4. The Hall–Kier alpha value is -2.40. The van der Waals surface area contributed by atoms with Gasteiger partial charge in [-0.3, -0.25) is 9.59 Å². The first-order valence-corrected chi connectivity index (χ1v) is 7.85. The van der Waals surface area contributed by atoms with Crippen LogP contribution in [0, 0.1) is 5.92 Å². The van der Waals surface area contributed by atoms with Crippen molar-refractivity contribution in [3.8, 4) is 0 Å². The number of likely N-dealkylation sites (tertiary alicyclic amines) is 1. The molecule has 0 spiro atoms. The molecule has 1 aromatic carbocycles. The maximum Gasteiger partial charge on any atom is 0.270 e. The molecule has 1 fully saturated rings. The highest BCUT2D eigenvalue weighted by atomic mass is 16.3. The van der Waals surface area contributed by atoms with Crippen LogP contribution < -0.4 is 0 Å². The van der Waals surface area contributed by atoms with Crippen molar-refractivity contribution in [3.05, 3.63) is 59.4 Å². The van der Waals surface area contributed by atoms with Crippen LogP contribution >= 0.6 is 0 Å². The first-order valence-electron chi connectivity index (χ1n) is 7.85. The Morgan fingerprint density at radius 1 is 1.17 bits per heavy atom. The minimum absolute atomic E-state index is 0.0919. The van der Waals surface area contributed by atoms with Crippen molar-refractivity contribution in [1.29, 1.82) is 0 Å². The predicted molar refractivity (Wildman–Crippen MR) is 86.2 cm³/mol. The van der Waals surface area contributed by atoms with E-state index in [2.05, 4.69) is 4.98 Å². The van der Waals surface area contributed by atoms with Gasteiger partial charge in [0.1, 0.15) is 5.69 Å². The van der Waals surface area contributed by atoms with E-state index in [4.69, 9.17) is 0 Å². The Morgan fingerprint density at radius 2 is 1.87 bits per heavy atom. The molecule has 1 aromatic heterocycles. The highest BCUT2D eigenvalue weighted by molar-refractivity contribution is 5.93. The molecule has 1 atom stereocenters. The fourth-order valence-corrected chi connectivity index (χ4v) is 3.12. The molecule has 3 rings (SSSR count). The van der Waals surface area contributed by atoms with Gasteiger partial charge in [-0.1, -0.05) is 30.3 Å². The summed E-state index contributed by atoms with van der Waals surface area (Å²) in [7, 11) is 0. The van der Waals surface area contributed by atoms with Crippen molar-refractivity contribution in [2.24, 2.45) is 5.92 Å². The molecule has 2 N–H and O–H groups in total. The van der Waals surface area contributed by atoms with E-state index in [1.807, 2.05) is 30.3 Å². The zero-order chi connectivity index (χ0) is 16.2. The molecule has 5 nitrogen and oxygen atoms in total. The topological polar surface area (TPSA) is 73.4 Å². The molecule has 1 saturated heterocycles. The van der Waals surface area contributed by atoms with Gasteiger partial charge in [0, 0.05) is 13.1 Å². The summed E-state index contributed by atoms with van der Waals surface area (Å²) >= 11 is 0. The van der Waals surface area contributed by atoms with E-state index in [9.17, 15) is 14.7 Å². The fraction of sp³-hybridized carbons (Fsp3) is 0.333. The number of piperidine rings is 1. The minimum Gasteiger partial charge on any atom is -0.388 e. The average molecular weight is 312 g/mol. The second kappa shape index (κ2) is 6.79. The van der Waals surface area contributed by atoms with Crippen LogP contribution in [0.5, 0.6) is 0 Å². The number of nitrogens with zero attached hydrogens (tertiary/aromatic N) is 1. The molecule has 0 bridgehead atoms. The van der Waals surface area contributed by atoms with Crippen molar-refractivity contribution >= 4 is 12.2 Å². The van der Waals surface area contributed by atoms with Gasteiger partial charge in [0.05, 0.1) is 11.8 Å². The van der Waals surface area contributed by atoms with Gasteiger partial charge in [0.2, 0.25) is 0 Å². The van der Waals surface area contributed by atoms with Crippen LogP contribution in [-0.4, -0.2) is 40.3 Å². The highest BCUT2D eigenvalue weighted by Crippen LogP contribution is 2.30. The maximum atomic E-state index is 12.4. The largest absolute Gasteiger partial charge is 0.388 e. The van der Waals surface area contributed by atoms with Gasteiger partial charge in [-0.15, -0.1) is 0 Å². The SMILES string of the molecule is O=Cc1ccc(C(=O)N2CCC(C(O)c3ccccc3)CC2)[nH]1. The van der Waals surface area contributed by atoms with Crippen LogP contribution in [0.2, 0.25) is 0 Å². The van der Waals surface area contributed by atoms with E-state index in [1.54, 1.807) is 17.0 Å². The average Bonchev–Trinajstić information content (AvgIpc) is 3.10. The standard InChI is InChI=1S/C18H20N2O3/c21-12-15-6-7-16(19-15)18(23)20-10-8-14(9-11-20)17(22)13-4-2-1-3-5-13/h1-7,12,14,17,19,22H,8-11H2.